The van der Waals surface area contributed by atoms with Gasteiger partial charge in [-0.2, -0.15) is 23.3 Å². The van der Waals surface area contributed by atoms with Gasteiger partial charge in [0.05, 0.1) is 0 Å². The molecule has 21 heavy (non-hydrogen) atoms. The van der Waals surface area contributed by atoms with Crippen molar-refractivity contribution in [3.05, 3.63) is 28.7 Å². The van der Waals surface area contributed by atoms with E-state index in [-0.39, 0.29) is 5.01 Å². The standard InChI is InChI=1S/C12H10BrF3N2O3/c13-8-2-1-3-9(6-8)21-7-10(19)18-11(20,4-5-17-18)12(14,15)16/h1-3,5-6,20H,4,7H2. The number of rotatable bonds is 3. The molecule has 1 N–H and O–H groups in total. The molecular weight excluding hydrogens is 357 g/mol. The Morgan fingerprint density at radius 3 is 2.86 bits per heavy atom. The van der Waals surface area contributed by atoms with Gasteiger partial charge in [-0.15, -0.1) is 0 Å². The highest BCUT2D eigenvalue weighted by Gasteiger charge is 2.61. The first-order chi connectivity index (χ1) is 9.74. The van der Waals surface area contributed by atoms with Gasteiger partial charge in [-0.05, 0) is 18.2 Å². The molecule has 1 aliphatic heterocycles. The zero-order valence-corrected chi connectivity index (χ0v) is 12.1. The second kappa shape index (κ2) is 5.64. The molecule has 0 radical (unpaired) electrons. The third-order valence-corrected chi connectivity index (χ3v) is 3.27. The molecule has 0 fully saturated rings. The SMILES string of the molecule is O=C(COc1cccc(Br)c1)N1N=CCC1(O)C(F)(F)F. The van der Waals surface area contributed by atoms with Gasteiger partial charge in [0, 0.05) is 17.1 Å². The van der Waals surface area contributed by atoms with E-state index >= 15 is 0 Å². The number of benzene rings is 1. The first-order valence-corrected chi connectivity index (χ1v) is 6.56. The molecule has 1 aromatic carbocycles. The van der Waals surface area contributed by atoms with Crippen LogP contribution in [0.25, 0.3) is 0 Å². The summed E-state index contributed by atoms with van der Waals surface area (Å²) in [6.45, 7) is -0.674. The Bertz CT molecular complexity index is 579. The van der Waals surface area contributed by atoms with Crippen molar-refractivity contribution in [2.45, 2.75) is 18.3 Å². The van der Waals surface area contributed by atoms with Gasteiger partial charge in [-0.3, -0.25) is 4.79 Å². The lowest BCUT2D eigenvalue weighted by Crippen LogP contribution is -2.57. The number of alkyl halides is 3. The van der Waals surface area contributed by atoms with Crippen LogP contribution >= 0.6 is 15.9 Å². The van der Waals surface area contributed by atoms with Crippen LogP contribution in [0.5, 0.6) is 5.75 Å². The third-order valence-electron chi connectivity index (χ3n) is 2.77. The van der Waals surface area contributed by atoms with E-state index in [0.717, 1.165) is 6.21 Å². The maximum atomic E-state index is 12.8. The minimum absolute atomic E-state index is 0.00495. The predicted octanol–water partition coefficient (Wildman–Crippen LogP) is 2.30. The number of ether oxygens (including phenoxy) is 1. The highest BCUT2D eigenvalue weighted by Crippen LogP contribution is 2.38. The molecule has 0 spiro atoms. The van der Waals surface area contributed by atoms with Gasteiger partial charge >= 0.3 is 6.18 Å². The number of halogens is 4. The molecule has 0 saturated carbocycles. The molecule has 0 saturated heterocycles. The molecule has 1 atom stereocenters. The summed E-state index contributed by atoms with van der Waals surface area (Å²) in [7, 11) is 0. The lowest BCUT2D eigenvalue weighted by atomic mass is 10.1. The van der Waals surface area contributed by atoms with Crippen LogP contribution in [0.1, 0.15) is 6.42 Å². The highest BCUT2D eigenvalue weighted by molar-refractivity contribution is 9.10. The molecule has 9 heteroatoms. The van der Waals surface area contributed by atoms with Crippen molar-refractivity contribution < 1.29 is 27.8 Å². The van der Waals surface area contributed by atoms with Gasteiger partial charge in [0.25, 0.3) is 11.6 Å². The smallest absolute Gasteiger partial charge is 0.438 e. The molecule has 1 unspecified atom stereocenters. The molecule has 1 amide bonds. The molecular formula is C12H10BrF3N2O3. The molecule has 0 aromatic heterocycles. The summed E-state index contributed by atoms with van der Waals surface area (Å²) < 4.78 is 44.2. The Hall–Kier alpha value is -1.61. The van der Waals surface area contributed by atoms with Crippen molar-refractivity contribution in [2.24, 2.45) is 5.10 Å². The van der Waals surface area contributed by atoms with Gasteiger partial charge in [-0.25, -0.2) is 0 Å². The number of aliphatic hydroxyl groups is 1. The monoisotopic (exact) mass is 366 g/mol. The average Bonchev–Trinajstić information content (AvgIpc) is 2.79. The summed E-state index contributed by atoms with van der Waals surface area (Å²) in [5, 5.41) is 12.9. The first-order valence-electron chi connectivity index (χ1n) is 5.77. The van der Waals surface area contributed by atoms with E-state index < -0.39 is 30.8 Å². The number of nitrogens with zero attached hydrogens (tertiary/aromatic N) is 2. The maximum absolute atomic E-state index is 12.8. The van der Waals surface area contributed by atoms with Crippen molar-refractivity contribution in [1.82, 2.24) is 5.01 Å². The Labute approximate surface area is 126 Å². The van der Waals surface area contributed by atoms with Gasteiger partial charge in [0.1, 0.15) is 5.75 Å². The number of carbonyl (C=O) groups is 1. The molecule has 1 aliphatic rings. The fourth-order valence-corrected chi connectivity index (χ4v) is 2.08. The van der Waals surface area contributed by atoms with E-state index in [1.807, 2.05) is 0 Å². The van der Waals surface area contributed by atoms with Crippen molar-refractivity contribution in [3.8, 4) is 5.75 Å². The number of hydrazone groups is 1. The Kier molecular flexibility index (Phi) is 4.24. The Morgan fingerprint density at radius 2 is 2.24 bits per heavy atom. The quantitative estimate of drug-likeness (QED) is 0.892. The van der Waals surface area contributed by atoms with Crippen LogP contribution < -0.4 is 4.74 Å². The summed E-state index contributed by atoms with van der Waals surface area (Å²) in [4.78, 5) is 11.8. The predicted molar refractivity (Wildman–Crippen MR) is 70.6 cm³/mol. The molecule has 1 heterocycles. The molecule has 0 aliphatic carbocycles. The number of amides is 1. The van der Waals surface area contributed by atoms with E-state index in [9.17, 15) is 23.1 Å². The molecule has 114 valence electrons. The van der Waals surface area contributed by atoms with Gasteiger partial charge in [-0.1, -0.05) is 22.0 Å². The second-order valence-electron chi connectivity index (χ2n) is 4.27. The highest BCUT2D eigenvalue weighted by atomic mass is 79.9. The average molecular weight is 367 g/mol. The Morgan fingerprint density at radius 1 is 1.52 bits per heavy atom. The van der Waals surface area contributed by atoms with Crippen molar-refractivity contribution >= 4 is 28.1 Å². The molecule has 0 bridgehead atoms. The van der Waals surface area contributed by atoms with E-state index in [1.165, 1.54) is 0 Å². The summed E-state index contributed by atoms with van der Waals surface area (Å²) in [6, 6.07) is 6.46. The lowest BCUT2D eigenvalue weighted by Gasteiger charge is -2.32. The molecule has 1 aromatic rings. The van der Waals surface area contributed by atoms with Crippen molar-refractivity contribution in [1.29, 1.82) is 0 Å². The fourth-order valence-electron chi connectivity index (χ4n) is 1.70. The lowest BCUT2D eigenvalue weighted by molar-refractivity contribution is -0.302. The number of carbonyl (C=O) groups excluding carboxylic acids is 1. The van der Waals surface area contributed by atoms with Crippen LogP contribution in [-0.4, -0.2) is 40.7 Å². The number of hydrogen-bond donors (Lipinski definition) is 1. The third kappa shape index (κ3) is 3.18. The largest absolute Gasteiger partial charge is 0.484 e. The van der Waals surface area contributed by atoms with E-state index in [1.54, 1.807) is 24.3 Å². The normalized spacial score (nSPS) is 21.7. The van der Waals surface area contributed by atoms with Crippen LogP contribution in [0.3, 0.4) is 0 Å². The van der Waals surface area contributed by atoms with Gasteiger partial charge < -0.3 is 9.84 Å². The summed E-state index contributed by atoms with van der Waals surface area (Å²) in [6.07, 6.45) is -4.97. The minimum atomic E-state index is -5.01. The van der Waals surface area contributed by atoms with Crippen LogP contribution in [0.4, 0.5) is 13.2 Å². The van der Waals surface area contributed by atoms with Crippen LogP contribution in [0.15, 0.2) is 33.8 Å². The zero-order valence-electron chi connectivity index (χ0n) is 10.5. The fraction of sp³-hybridized carbons (Fsp3) is 0.333. The van der Waals surface area contributed by atoms with Gasteiger partial charge in [0.2, 0.25) is 0 Å². The molecule has 2 rings (SSSR count). The summed E-state index contributed by atoms with van der Waals surface area (Å²) in [5.41, 5.74) is -3.31. The first kappa shape index (κ1) is 15.8. The van der Waals surface area contributed by atoms with E-state index in [4.69, 9.17) is 4.74 Å². The van der Waals surface area contributed by atoms with Crippen LogP contribution in [0.2, 0.25) is 0 Å². The summed E-state index contributed by atoms with van der Waals surface area (Å²) >= 11 is 3.19. The van der Waals surface area contributed by atoms with Gasteiger partial charge in [0.15, 0.2) is 6.61 Å². The topological polar surface area (TPSA) is 62.1 Å². The minimum Gasteiger partial charge on any atom is -0.484 e. The number of hydrogen-bond acceptors (Lipinski definition) is 4. The van der Waals surface area contributed by atoms with Crippen LogP contribution in [-0.2, 0) is 4.79 Å². The maximum Gasteiger partial charge on any atom is 0.438 e. The van der Waals surface area contributed by atoms with Crippen molar-refractivity contribution in [3.63, 3.8) is 0 Å². The van der Waals surface area contributed by atoms with E-state index in [2.05, 4.69) is 21.0 Å². The molecule has 5 nitrogen and oxygen atoms in total. The van der Waals surface area contributed by atoms with Crippen LogP contribution in [0, 0.1) is 0 Å². The van der Waals surface area contributed by atoms with Crippen molar-refractivity contribution in [2.75, 3.05) is 6.61 Å². The summed E-state index contributed by atoms with van der Waals surface area (Å²) in [5.74, 6) is -0.792. The Balaban J connectivity index is 2.05. The van der Waals surface area contributed by atoms with E-state index in [0.29, 0.717) is 10.2 Å². The zero-order chi connectivity index (χ0) is 15.7. The second-order valence-corrected chi connectivity index (χ2v) is 5.18.